The van der Waals surface area contributed by atoms with Gasteiger partial charge in [-0.2, -0.15) is 0 Å². The topological polar surface area (TPSA) is 76.7 Å². The van der Waals surface area contributed by atoms with Crippen molar-refractivity contribution in [3.63, 3.8) is 0 Å². The first kappa shape index (κ1) is 15.3. The number of methoxy groups -OCH3 is 1. The summed E-state index contributed by atoms with van der Waals surface area (Å²) in [5, 5.41) is 5.16. The van der Waals surface area contributed by atoms with E-state index in [4.69, 9.17) is 9.47 Å². The van der Waals surface area contributed by atoms with Gasteiger partial charge in [0.25, 0.3) is 0 Å². The molecule has 1 saturated heterocycles. The normalized spacial score (nSPS) is 17.3. The number of benzene rings is 1. The number of rotatable bonds is 5. The zero-order valence-electron chi connectivity index (χ0n) is 12.1. The van der Waals surface area contributed by atoms with Crippen molar-refractivity contribution in [2.75, 3.05) is 20.3 Å². The molecule has 1 aliphatic rings. The Balaban J connectivity index is 1.71. The molecule has 0 saturated carbocycles. The van der Waals surface area contributed by atoms with Gasteiger partial charge in [0.1, 0.15) is 5.75 Å². The second-order valence-electron chi connectivity index (χ2n) is 4.88. The third-order valence-electron chi connectivity index (χ3n) is 3.33. The molecule has 1 aliphatic heterocycles. The summed E-state index contributed by atoms with van der Waals surface area (Å²) in [5.41, 5.74) is 0.899. The van der Waals surface area contributed by atoms with Crippen LogP contribution in [-0.2, 0) is 20.9 Å². The quantitative estimate of drug-likeness (QED) is 0.780. The van der Waals surface area contributed by atoms with Crippen LogP contribution in [0, 0.1) is 0 Å². The molecule has 1 heterocycles. The molecule has 2 rings (SSSR count). The van der Waals surface area contributed by atoms with E-state index >= 15 is 0 Å². The van der Waals surface area contributed by atoms with Gasteiger partial charge in [-0.3, -0.25) is 9.59 Å². The Bertz CT molecular complexity index is 481. The number of hydrogen-bond acceptors (Lipinski definition) is 4. The summed E-state index contributed by atoms with van der Waals surface area (Å²) >= 11 is 0. The third-order valence-corrected chi connectivity index (χ3v) is 3.33. The van der Waals surface area contributed by atoms with Crippen molar-refractivity contribution in [3.05, 3.63) is 29.8 Å². The van der Waals surface area contributed by atoms with E-state index in [-0.39, 0.29) is 6.10 Å². The smallest absolute Gasteiger partial charge is 0.309 e. The molecule has 1 atom stereocenters. The SMILES string of the molecule is COc1ccc(CNC(=O)C(=O)NC[C@@H]2CCCO2)cc1. The van der Waals surface area contributed by atoms with E-state index in [9.17, 15) is 9.59 Å². The highest BCUT2D eigenvalue weighted by atomic mass is 16.5. The fourth-order valence-electron chi connectivity index (χ4n) is 2.10. The van der Waals surface area contributed by atoms with Crippen LogP contribution in [0.3, 0.4) is 0 Å². The van der Waals surface area contributed by atoms with Gasteiger partial charge in [-0.25, -0.2) is 0 Å². The molecular formula is C15H20N2O4. The molecule has 0 unspecified atom stereocenters. The molecule has 1 aromatic carbocycles. The predicted octanol–water partition coefficient (Wildman–Crippen LogP) is 0.607. The molecule has 0 spiro atoms. The van der Waals surface area contributed by atoms with Gasteiger partial charge < -0.3 is 20.1 Å². The predicted molar refractivity (Wildman–Crippen MR) is 76.8 cm³/mol. The zero-order valence-corrected chi connectivity index (χ0v) is 12.1. The van der Waals surface area contributed by atoms with Gasteiger partial charge in [-0.1, -0.05) is 12.1 Å². The van der Waals surface area contributed by atoms with Gasteiger partial charge in [0, 0.05) is 19.7 Å². The van der Waals surface area contributed by atoms with E-state index in [1.165, 1.54) is 0 Å². The van der Waals surface area contributed by atoms with Crippen LogP contribution in [0.1, 0.15) is 18.4 Å². The molecule has 6 nitrogen and oxygen atoms in total. The lowest BCUT2D eigenvalue weighted by molar-refractivity contribution is -0.139. The van der Waals surface area contributed by atoms with Gasteiger partial charge in [-0.05, 0) is 30.5 Å². The molecule has 1 fully saturated rings. The largest absolute Gasteiger partial charge is 0.497 e. The summed E-state index contributed by atoms with van der Waals surface area (Å²) in [7, 11) is 1.59. The summed E-state index contributed by atoms with van der Waals surface area (Å²) in [6.45, 7) is 1.41. The number of amides is 2. The number of ether oxygens (including phenoxy) is 2. The van der Waals surface area contributed by atoms with Gasteiger partial charge in [0.15, 0.2) is 0 Å². The minimum absolute atomic E-state index is 0.0309. The molecule has 0 aliphatic carbocycles. The summed E-state index contributed by atoms with van der Waals surface area (Å²) in [5.74, 6) is -0.512. The van der Waals surface area contributed by atoms with E-state index in [0.29, 0.717) is 13.1 Å². The summed E-state index contributed by atoms with van der Waals surface area (Å²) < 4.78 is 10.4. The summed E-state index contributed by atoms with van der Waals surface area (Å²) in [4.78, 5) is 23.3. The molecule has 2 amide bonds. The Kier molecular flexibility index (Phi) is 5.57. The molecule has 6 heteroatoms. The van der Waals surface area contributed by atoms with Crippen LogP contribution in [0.5, 0.6) is 5.75 Å². The maximum Gasteiger partial charge on any atom is 0.309 e. The van der Waals surface area contributed by atoms with E-state index in [2.05, 4.69) is 10.6 Å². The van der Waals surface area contributed by atoms with E-state index < -0.39 is 11.8 Å². The third kappa shape index (κ3) is 4.75. The van der Waals surface area contributed by atoms with E-state index in [1.54, 1.807) is 19.2 Å². The van der Waals surface area contributed by atoms with Crippen LogP contribution in [0.4, 0.5) is 0 Å². The van der Waals surface area contributed by atoms with Crippen LogP contribution in [0.25, 0.3) is 0 Å². The maximum absolute atomic E-state index is 11.7. The van der Waals surface area contributed by atoms with Crippen LogP contribution < -0.4 is 15.4 Å². The van der Waals surface area contributed by atoms with Crippen molar-refractivity contribution in [2.24, 2.45) is 0 Å². The molecular weight excluding hydrogens is 272 g/mol. The van der Waals surface area contributed by atoms with Gasteiger partial charge in [0.05, 0.1) is 13.2 Å². The minimum Gasteiger partial charge on any atom is -0.497 e. The number of hydrogen-bond donors (Lipinski definition) is 2. The first-order valence-electron chi connectivity index (χ1n) is 6.99. The van der Waals surface area contributed by atoms with Gasteiger partial charge >= 0.3 is 11.8 Å². The number of carbonyl (C=O) groups excluding carboxylic acids is 2. The summed E-state index contributed by atoms with van der Waals surface area (Å²) in [6.07, 6.45) is 1.96. The zero-order chi connectivity index (χ0) is 15.1. The van der Waals surface area contributed by atoms with Crippen LogP contribution >= 0.6 is 0 Å². The Morgan fingerprint density at radius 1 is 1.24 bits per heavy atom. The molecule has 1 aromatic rings. The number of nitrogens with one attached hydrogen (secondary N) is 2. The van der Waals surface area contributed by atoms with Crippen molar-refractivity contribution in [1.82, 2.24) is 10.6 Å². The average Bonchev–Trinajstić information content (AvgIpc) is 3.04. The Morgan fingerprint density at radius 3 is 2.57 bits per heavy atom. The van der Waals surface area contributed by atoms with Crippen LogP contribution in [-0.4, -0.2) is 38.2 Å². The van der Waals surface area contributed by atoms with Crippen molar-refractivity contribution in [2.45, 2.75) is 25.5 Å². The lowest BCUT2D eigenvalue weighted by Crippen LogP contribution is -2.42. The van der Waals surface area contributed by atoms with Gasteiger partial charge in [-0.15, -0.1) is 0 Å². The molecule has 0 aromatic heterocycles. The minimum atomic E-state index is -0.635. The second-order valence-corrected chi connectivity index (χ2v) is 4.88. The highest BCUT2D eigenvalue weighted by Crippen LogP contribution is 2.11. The lowest BCUT2D eigenvalue weighted by Gasteiger charge is -2.10. The standard InChI is InChI=1S/C15H20N2O4/c1-20-12-6-4-11(5-7-12)9-16-14(18)15(19)17-10-13-3-2-8-21-13/h4-7,13H,2-3,8-10H2,1H3,(H,16,18)(H,17,19)/t13-/m0/s1. The molecule has 0 radical (unpaired) electrons. The first-order chi connectivity index (χ1) is 10.2. The molecule has 21 heavy (non-hydrogen) atoms. The summed E-state index contributed by atoms with van der Waals surface area (Å²) in [6, 6.07) is 7.28. The average molecular weight is 292 g/mol. The monoisotopic (exact) mass is 292 g/mol. The highest BCUT2D eigenvalue weighted by Gasteiger charge is 2.18. The van der Waals surface area contributed by atoms with Crippen molar-refractivity contribution in [3.8, 4) is 5.75 Å². The van der Waals surface area contributed by atoms with Crippen molar-refractivity contribution < 1.29 is 19.1 Å². The van der Waals surface area contributed by atoms with Crippen LogP contribution in [0.2, 0.25) is 0 Å². The fraction of sp³-hybridized carbons (Fsp3) is 0.467. The molecule has 2 N–H and O–H groups in total. The fourth-order valence-corrected chi connectivity index (χ4v) is 2.10. The highest BCUT2D eigenvalue weighted by molar-refractivity contribution is 6.35. The second kappa shape index (κ2) is 7.64. The number of carbonyl (C=O) groups is 2. The van der Waals surface area contributed by atoms with Gasteiger partial charge in [0.2, 0.25) is 0 Å². The van der Waals surface area contributed by atoms with Crippen molar-refractivity contribution in [1.29, 1.82) is 0 Å². The van der Waals surface area contributed by atoms with Crippen molar-refractivity contribution >= 4 is 11.8 Å². The molecule has 114 valence electrons. The Morgan fingerprint density at radius 2 is 1.95 bits per heavy atom. The Hall–Kier alpha value is -2.08. The lowest BCUT2D eigenvalue weighted by atomic mass is 10.2. The first-order valence-corrected chi connectivity index (χ1v) is 6.99. The van der Waals surface area contributed by atoms with Crippen LogP contribution in [0.15, 0.2) is 24.3 Å². The Labute approximate surface area is 123 Å². The maximum atomic E-state index is 11.7. The van der Waals surface area contributed by atoms with E-state index in [0.717, 1.165) is 30.8 Å². The van der Waals surface area contributed by atoms with E-state index in [1.807, 2.05) is 12.1 Å². The molecule has 0 bridgehead atoms.